The fraction of sp³-hybridized carbons (Fsp3) is 0.304. The van der Waals surface area contributed by atoms with E-state index in [-0.39, 0.29) is 10.6 Å². The van der Waals surface area contributed by atoms with Crippen molar-refractivity contribution in [3.8, 4) is 5.75 Å². The van der Waals surface area contributed by atoms with Gasteiger partial charge in [-0.1, -0.05) is 44.5 Å². The van der Waals surface area contributed by atoms with Crippen LogP contribution in [0.15, 0.2) is 60.4 Å². The Morgan fingerprint density at radius 3 is 2.45 bits per heavy atom. The first-order chi connectivity index (χ1) is 13.7. The van der Waals surface area contributed by atoms with Crippen LogP contribution in [0, 0.1) is 11.3 Å². The number of allylic oxidation sites excluding steroid dienone is 2. The molecule has 29 heavy (non-hydrogen) atoms. The van der Waals surface area contributed by atoms with Crippen LogP contribution < -0.4 is 15.4 Å². The summed E-state index contributed by atoms with van der Waals surface area (Å²) in [5.41, 5.74) is 1.09. The highest BCUT2D eigenvalue weighted by molar-refractivity contribution is 6.34. The van der Waals surface area contributed by atoms with Crippen LogP contribution >= 0.6 is 11.6 Å². The van der Waals surface area contributed by atoms with Gasteiger partial charge in [-0.25, -0.2) is 4.79 Å². The number of nitrogens with one attached hydrogen (secondary N) is 2. The Kier molecular flexibility index (Phi) is 6.28. The summed E-state index contributed by atoms with van der Waals surface area (Å²) in [4.78, 5) is 24.2. The summed E-state index contributed by atoms with van der Waals surface area (Å²) in [6.07, 6.45) is 4.23. The second kappa shape index (κ2) is 8.70. The number of hydrogen-bond acceptors (Lipinski definition) is 3. The minimum atomic E-state index is -0.630. The van der Waals surface area contributed by atoms with E-state index in [1.165, 1.54) is 0 Å². The van der Waals surface area contributed by atoms with E-state index in [1.807, 2.05) is 0 Å². The lowest BCUT2D eigenvalue weighted by atomic mass is 9.76. The molecule has 0 heterocycles. The number of anilines is 1. The van der Waals surface area contributed by atoms with E-state index in [4.69, 9.17) is 16.3 Å². The molecule has 3 rings (SSSR count). The number of carbonyl (C=O) groups is 2. The fourth-order valence-corrected chi connectivity index (χ4v) is 3.68. The van der Waals surface area contributed by atoms with Crippen molar-refractivity contribution in [2.24, 2.45) is 11.3 Å². The van der Waals surface area contributed by atoms with E-state index in [1.54, 1.807) is 48.5 Å². The van der Waals surface area contributed by atoms with E-state index in [2.05, 4.69) is 37.5 Å². The van der Waals surface area contributed by atoms with Crippen LogP contribution in [-0.4, -0.2) is 11.9 Å². The molecule has 1 aliphatic carbocycles. The van der Waals surface area contributed by atoms with Gasteiger partial charge in [0.1, 0.15) is 11.5 Å². The monoisotopic (exact) mass is 412 g/mol. The van der Waals surface area contributed by atoms with Gasteiger partial charge in [0.2, 0.25) is 0 Å². The molecule has 152 valence electrons. The molecule has 6 heteroatoms. The third-order valence-electron chi connectivity index (χ3n) is 4.89. The lowest BCUT2D eigenvalue weighted by Crippen LogP contribution is -2.34. The van der Waals surface area contributed by atoms with E-state index >= 15 is 0 Å². The average Bonchev–Trinajstić information content (AvgIpc) is 2.65. The Morgan fingerprint density at radius 2 is 1.79 bits per heavy atom. The van der Waals surface area contributed by atoms with Gasteiger partial charge in [0, 0.05) is 11.6 Å². The quantitative estimate of drug-likeness (QED) is 0.645. The van der Waals surface area contributed by atoms with Crippen molar-refractivity contribution in [3.05, 3.63) is 71.0 Å². The first-order valence-electron chi connectivity index (χ1n) is 9.58. The SMILES string of the molecule is CC1CC(C)(C)CC=C1Oc1ccc(NC(=O)NC(=O)c2ccccc2Cl)cc1. The standard InChI is InChI=1S/C23H25ClN2O3/c1-15-14-23(2,3)13-12-20(15)29-17-10-8-16(9-11-17)25-22(28)26-21(27)18-6-4-5-7-19(18)24/h4-12,15H,13-14H2,1-3H3,(H2,25,26,27,28). The summed E-state index contributed by atoms with van der Waals surface area (Å²) in [7, 11) is 0. The molecule has 0 bridgehead atoms. The first kappa shape index (κ1) is 20.9. The lowest BCUT2D eigenvalue weighted by molar-refractivity contribution is 0.0967. The maximum Gasteiger partial charge on any atom is 0.326 e. The van der Waals surface area contributed by atoms with Crippen molar-refractivity contribution >= 4 is 29.2 Å². The lowest BCUT2D eigenvalue weighted by Gasteiger charge is -2.33. The van der Waals surface area contributed by atoms with Gasteiger partial charge in [0.15, 0.2) is 0 Å². The number of rotatable bonds is 4. The highest BCUT2D eigenvalue weighted by Crippen LogP contribution is 2.38. The number of halogens is 1. The van der Waals surface area contributed by atoms with Gasteiger partial charge in [-0.3, -0.25) is 10.1 Å². The van der Waals surface area contributed by atoms with Crippen LogP contribution in [-0.2, 0) is 0 Å². The summed E-state index contributed by atoms with van der Waals surface area (Å²) in [6, 6.07) is 13.0. The number of carbonyl (C=O) groups excluding carboxylic acids is 2. The summed E-state index contributed by atoms with van der Waals surface area (Å²) < 4.78 is 6.02. The Morgan fingerprint density at radius 1 is 1.10 bits per heavy atom. The van der Waals surface area contributed by atoms with Crippen molar-refractivity contribution in [2.75, 3.05) is 5.32 Å². The van der Waals surface area contributed by atoms with Crippen molar-refractivity contribution in [2.45, 2.75) is 33.6 Å². The van der Waals surface area contributed by atoms with Gasteiger partial charge in [-0.15, -0.1) is 0 Å². The molecular weight excluding hydrogens is 388 g/mol. The van der Waals surface area contributed by atoms with Gasteiger partial charge in [-0.05, 0) is 60.7 Å². The predicted molar refractivity (Wildman–Crippen MR) is 115 cm³/mol. The molecule has 2 N–H and O–H groups in total. The number of amides is 3. The zero-order chi connectivity index (χ0) is 21.0. The van der Waals surface area contributed by atoms with Crippen molar-refractivity contribution in [1.82, 2.24) is 5.32 Å². The maximum atomic E-state index is 12.1. The zero-order valence-electron chi connectivity index (χ0n) is 16.8. The third-order valence-corrected chi connectivity index (χ3v) is 5.22. The Labute approximate surface area is 176 Å². The molecule has 1 atom stereocenters. The van der Waals surface area contributed by atoms with Crippen molar-refractivity contribution in [1.29, 1.82) is 0 Å². The van der Waals surface area contributed by atoms with Crippen LogP contribution in [0.25, 0.3) is 0 Å². The molecule has 0 fully saturated rings. The highest BCUT2D eigenvalue weighted by Gasteiger charge is 2.28. The second-order valence-electron chi connectivity index (χ2n) is 8.09. The van der Waals surface area contributed by atoms with E-state index in [0.717, 1.165) is 18.6 Å². The van der Waals surface area contributed by atoms with Gasteiger partial charge in [-0.2, -0.15) is 0 Å². The molecule has 0 aromatic heterocycles. The zero-order valence-corrected chi connectivity index (χ0v) is 17.5. The molecule has 1 aliphatic rings. The molecule has 0 radical (unpaired) electrons. The van der Waals surface area contributed by atoms with Gasteiger partial charge >= 0.3 is 6.03 Å². The van der Waals surface area contributed by atoms with Gasteiger partial charge in [0.05, 0.1) is 10.6 Å². The van der Waals surface area contributed by atoms with Crippen molar-refractivity contribution < 1.29 is 14.3 Å². The van der Waals surface area contributed by atoms with Gasteiger partial charge in [0.25, 0.3) is 5.91 Å². The van der Waals surface area contributed by atoms with E-state index < -0.39 is 11.9 Å². The molecule has 0 saturated carbocycles. The molecule has 2 aromatic rings. The molecule has 2 aromatic carbocycles. The molecule has 3 amide bonds. The van der Waals surface area contributed by atoms with Crippen LogP contribution in [0.3, 0.4) is 0 Å². The molecule has 0 aliphatic heterocycles. The number of benzene rings is 2. The summed E-state index contributed by atoms with van der Waals surface area (Å²) in [5.74, 6) is 1.49. The average molecular weight is 413 g/mol. The third kappa shape index (κ3) is 5.61. The summed E-state index contributed by atoms with van der Waals surface area (Å²) >= 11 is 5.97. The fourth-order valence-electron chi connectivity index (χ4n) is 3.45. The minimum absolute atomic E-state index is 0.242. The van der Waals surface area contributed by atoms with Crippen molar-refractivity contribution in [3.63, 3.8) is 0 Å². The van der Waals surface area contributed by atoms with Crippen LogP contribution in [0.1, 0.15) is 44.0 Å². The highest BCUT2D eigenvalue weighted by atomic mass is 35.5. The van der Waals surface area contributed by atoms with Gasteiger partial charge < -0.3 is 10.1 Å². The predicted octanol–water partition coefficient (Wildman–Crippen LogP) is 6.02. The number of urea groups is 1. The molecule has 0 saturated heterocycles. The Hall–Kier alpha value is -2.79. The number of imide groups is 1. The van der Waals surface area contributed by atoms with E-state index in [0.29, 0.717) is 22.8 Å². The Bertz CT molecular complexity index is 935. The first-order valence-corrected chi connectivity index (χ1v) is 9.96. The summed E-state index contributed by atoms with van der Waals surface area (Å²) in [6.45, 7) is 6.70. The smallest absolute Gasteiger partial charge is 0.326 e. The van der Waals surface area contributed by atoms with Crippen LogP contribution in [0.4, 0.5) is 10.5 Å². The molecular formula is C23H25ClN2O3. The topological polar surface area (TPSA) is 67.4 Å². The molecule has 1 unspecified atom stereocenters. The molecule has 5 nitrogen and oxygen atoms in total. The van der Waals surface area contributed by atoms with Crippen LogP contribution in [0.5, 0.6) is 5.75 Å². The van der Waals surface area contributed by atoms with E-state index in [9.17, 15) is 9.59 Å². The Balaban J connectivity index is 1.56. The van der Waals surface area contributed by atoms with Crippen LogP contribution in [0.2, 0.25) is 5.02 Å². The minimum Gasteiger partial charge on any atom is -0.462 e. The largest absolute Gasteiger partial charge is 0.462 e. The second-order valence-corrected chi connectivity index (χ2v) is 8.50. The number of ether oxygens (including phenoxy) is 1. The molecule has 0 spiro atoms. The normalized spacial score (nSPS) is 17.8. The maximum absolute atomic E-state index is 12.1. The summed E-state index contributed by atoms with van der Waals surface area (Å²) in [5, 5.41) is 5.18. The number of hydrogen-bond donors (Lipinski definition) is 2.